The lowest BCUT2D eigenvalue weighted by Crippen LogP contribution is -2.29. The minimum atomic E-state index is -0.207. The molecule has 1 atom stereocenters. The molecule has 2 heterocycles. The van der Waals surface area contributed by atoms with Crippen molar-refractivity contribution >= 4 is 17.6 Å². The molecule has 0 bridgehead atoms. The van der Waals surface area contributed by atoms with Gasteiger partial charge in [0.05, 0.1) is 0 Å². The van der Waals surface area contributed by atoms with Crippen molar-refractivity contribution in [3.63, 3.8) is 0 Å². The minimum absolute atomic E-state index is 0.207. The molecule has 14 heavy (non-hydrogen) atoms. The zero-order chi connectivity index (χ0) is 9.97. The van der Waals surface area contributed by atoms with Crippen molar-refractivity contribution in [3.8, 4) is 0 Å². The van der Waals surface area contributed by atoms with E-state index in [0.29, 0.717) is 11.9 Å². The van der Waals surface area contributed by atoms with Gasteiger partial charge in [0.25, 0.3) is 0 Å². The maximum atomic E-state index is 5.84. The van der Waals surface area contributed by atoms with Crippen molar-refractivity contribution in [2.45, 2.75) is 31.6 Å². The van der Waals surface area contributed by atoms with E-state index in [0.717, 1.165) is 13.1 Å². The van der Waals surface area contributed by atoms with Crippen molar-refractivity contribution in [2.24, 2.45) is 0 Å². The summed E-state index contributed by atoms with van der Waals surface area (Å²) in [5.41, 5.74) is 0. The topological polar surface area (TPSA) is 42.2 Å². The molecule has 1 fully saturated rings. The zero-order valence-electron chi connectivity index (χ0n) is 8.24. The lowest BCUT2D eigenvalue weighted by atomic mass is 10.1. The molecule has 1 aliphatic heterocycles. The van der Waals surface area contributed by atoms with E-state index in [2.05, 4.69) is 15.1 Å². The molecule has 0 radical (unpaired) electrons. The van der Waals surface area contributed by atoms with Gasteiger partial charge in [-0.25, -0.2) is 0 Å². The highest BCUT2D eigenvalue weighted by molar-refractivity contribution is 6.20. The van der Waals surface area contributed by atoms with Crippen LogP contribution >= 0.6 is 11.6 Å². The molecule has 78 valence electrons. The first-order valence-corrected chi connectivity index (χ1v) is 5.43. The number of rotatable bonds is 2. The Morgan fingerprint density at radius 2 is 2.00 bits per heavy atom. The highest BCUT2D eigenvalue weighted by atomic mass is 35.5. The Labute approximate surface area is 88.2 Å². The van der Waals surface area contributed by atoms with Crippen LogP contribution < -0.4 is 4.90 Å². The van der Waals surface area contributed by atoms with Crippen molar-refractivity contribution in [3.05, 3.63) is 5.89 Å². The highest BCUT2D eigenvalue weighted by Gasteiger charge is 2.18. The predicted molar refractivity (Wildman–Crippen MR) is 54.6 cm³/mol. The van der Waals surface area contributed by atoms with Crippen molar-refractivity contribution in [2.75, 3.05) is 18.0 Å². The van der Waals surface area contributed by atoms with Crippen LogP contribution in [0.1, 0.15) is 37.5 Å². The SMILES string of the molecule is CC(Cl)c1nnc(N2CCCCC2)o1. The van der Waals surface area contributed by atoms with Gasteiger partial charge in [-0.1, -0.05) is 5.10 Å². The number of aromatic nitrogens is 2. The average Bonchev–Trinajstić information content (AvgIpc) is 2.68. The standard InChI is InChI=1S/C9H14ClN3O/c1-7(10)8-11-12-9(14-8)13-5-3-2-4-6-13/h7H,2-6H2,1H3. The van der Waals surface area contributed by atoms with Crippen molar-refractivity contribution in [1.29, 1.82) is 0 Å². The van der Waals surface area contributed by atoms with Crippen LogP contribution in [0.5, 0.6) is 0 Å². The van der Waals surface area contributed by atoms with E-state index in [4.69, 9.17) is 16.0 Å². The third-order valence-corrected chi connectivity index (χ3v) is 2.58. The third-order valence-electron chi connectivity index (χ3n) is 2.40. The second kappa shape index (κ2) is 4.17. The maximum absolute atomic E-state index is 5.84. The van der Waals surface area contributed by atoms with Gasteiger partial charge in [-0.05, 0) is 26.2 Å². The van der Waals surface area contributed by atoms with E-state index in [1.807, 2.05) is 6.92 Å². The van der Waals surface area contributed by atoms with Crippen LogP contribution in [-0.4, -0.2) is 23.3 Å². The molecule has 4 nitrogen and oxygen atoms in total. The van der Waals surface area contributed by atoms with Crippen molar-refractivity contribution < 1.29 is 4.42 Å². The van der Waals surface area contributed by atoms with E-state index in [1.54, 1.807) is 0 Å². The number of piperidine rings is 1. The summed E-state index contributed by atoms with van der Waals surface area (Å²) in [7, 11) is 0. The second-order valence-electron chi connectivity index (χ2n) is 3.59. The summed E-state index contributed by atoms with van der Waals surface area (Å²) in [5, 5.41) is 7.68. The summed E-state index contributed by atoms with van der Waals surface area (Å²) in [6.07, 6.45) is 3.70. The smallest absolute Gasteiger partial charge is 0.318 e. The summed E-state index contributed by atoms with van der Waals surface area (Å²) in [4.78, 5) is 2.12. The Bertz CT molecular complexity index is 294. The molecule has 1 saturated heterocycles. The number of anilines is 1. The number of nitrogens with zero attached hydrogens (tertiary/aromatic N) is 3. The summed E-state index contributed by atoms with van der Waals surface area (Å²) in [5.74, 6) is 0.507. The van der Waals surface area contributed by atoms with Crippen molar-refractivity contribution in [1.82, 2.24) is 10.2 Å². The molecule has 1 aromatic heterocycles. The van der Waals surface area contributed by atoms with E-state index in [1.165, 1.54) is 19.3 Å². The lowest BCUT2D eigenvalue weighted by molar-refractivity contribution is 0.461. The van der Waals surface area contributed by atoms with E-state index < -0.39 is 0 Å². The first kappa shape index (κ1) is 9.77. The monoisotopic (exact) mass is 215 g/mol. The van der Waals surface area contributed by atoms with Gasteiger partial charge in [0.1, 0.15) is 5.38 Å². The number of halogens is 1. The molecular weight excluding hydrogens is 202 g/mol. The fourth-order valence-electron chi connectivity index (χ4n) is 1.60. The minimum Gasteiger partial charge on any atom is -0.406 e. The molecule has 0 amide bonds. The molecule has 0 aliphatic carbocycles. The van der Waals surface area contributed by atoms with Gasteiger partial charge in [0, 0.05) is 13.1 Å². The Morgan fingerprint density at radius 3 is 2.57 bits per heavy atom. The van der Waals surface area contributed by atoms with E-state index in [-0.39, 0.29) is 5.38 Å². The fraction of sp³-hybridized carbons (Fsp3) is 0.778. The highest BCUT2D eigenvalue weighted by Crippen LogP contribution is 2.23. The summed E-state index contributed by atoms with van der Waals surface area (Å²) in [6, 6.07) is 0.618. The van der Waals surface area contributed by atoms with Crippen LogP contribution in [0.25, 0.3) is 0 Å². The quantitative estimate of drug-likeness (QED) is 0.711. The third kappa shape index (κ3) is 2.00. The number of hydrogen-bond donors (Lipinski definition) is 0. The lowest BCUT2D eigenvalue weighted by Gasteiger charge is -2.24. The van der Waals surface area contributed by atoms with Gasteiger partial charge in [-0.3, -0.25) is 0 Å². The molecule has 5 heteroatoms. The average molecular weight is 216 g/mol. The Balaban J connectivity index is 2.07. The molecule has 2 rings (SSSR count). The zero-order valence-corrected chi connectivity index (χ0v) is 9.00. The van der Waals surface area contributed by atoms with Crippen LogP contribution in [0.15, 0.2) is 4.42 Å². The Kier molecular flexibility index (Phi) is 2.91. The Hall–Kier alpha value is -0.770. The number of hydrogen-bond acceptors (Lipinski definition) is 4. The molecule has 0 spiro atoms. The predicted octanol–water partition coefficient (Wildman–Crippen LogP) is 2.36. The van der Waals surface area contributed by atoms with Crippen LogP contribution in [0.3, 0.4) is 0 Å². The van der Waals surface area contributed by atoms with Gasteiger partial charge in [0.2, 0.25) is 5.89 Å². The molecule has 0 aromatic carbocycles. The fourth-order valence-corrected chi connectivity index (χ4v) is 1.69. The molecule has 1 aliphatic rings. The molecule has 0 saturated carbocycles. The largest absolute Gasteiger partial charge is 0.406 e. The maximum Gasteiger partial charge on any atom is 0.318 e. The van der Waals surface area contributed by atoms with Crippen LogP contribution in [0, 0.1) is 0 Å². The summed E-state index contributed by atoms with van der Waals surface area (Å²) in [6.45, 7) is 3.85. The van der Waals surface area contributed by atoms with Crippen LogP contribution in [0.2, 0.25) is 0 Å². The van der Waals surface area contributed by atoms with E-state index >= 15 is 0 Å². The van der Waals surface area contributed by atoms with Gasteiger partial charge in [-0.2, -0.15) is 0 Å². The summed E-state index contributed by atoms with van der Waals surface area (Å²) < 4.78 is 5.46. The molecular formula is C9H14ClN3O. The molecule has 1 unspecified atom stereocenters. The molecule has 0 N–H and O–H groups in total. The van der Waals surface area contributed by atoms with Gasteiger partial charge in [0.15, 0.2) is 0 Å². The van der Waals surface area contributed by atoms with Crippen LogP contribution in [-0.2, 0) is 0 Å². The van der Waals surface area contributed by atoms with Gasteiger partial charge < -0.3 is 9.32 Å². The Morgan fingerprint density at radius 1 is 1.29 bits per heavy atom. The van der Waals surface area contributed by atoms with Gasteiger partial charge in [-0.15, -0.1) is 16.7 Å². The first-order valence-electron chi connectivity index (χ1n) is 5.00. The second-order valence-corrected chi connectivity index (χ2v) is 4.24. The van der Waals surface area contributed by atoms with E-state index in [9.17, 15) is 0 Å². The number of alkyl halides is 1. The van der Waals surface area contributed by atoms with Gasteiger partial charge >= 0.3 is 6.01 Å². The molecule has 1 aromatic rings. The first-order chi connectivity index (χ1) is 6.77. The normalized spacial score (nSPS) is 19.7. The summed E-state index contributed by atoms with van der Waals surface area (Å²) >= 11 is 5.84. The van der Waals surface area contributed by atoms with Crippen LogP contribution in [0.4, 0.5) is 6.01 Å².